The average molecular weight is 270 g/mol. The number of halogens is 1. The topological polar surface area (TPSA) is 47.9 Å². The third kappa shape index (κ3) is 3.98. The first kappa shape index (κ1) is 14.4. The predicted molar refractivity (Wildman–Crippen MR) is 67.0 cm³/mol. The van der Waals surface area contributed by atoms with Crippen LogP contribution in [-0.4, -0.2) is 36.3 Å². The molecule has 0 aromatic heterocycles. The third-order valence-corrected chi connectivity index (χ3v) is 2.93. The Hall–Kier alpha value is -1.01. The quantitative estimate of drug-likeness (QED) is 0.887. The molecule has 0 aliphatic carbocycles. The Morgan fingerprint density at radius 2 is 1.84 bits per heavy atom. The van der Waals surface area contributed by atoms with Crippen molar-refractivity contribution in [2.24, 2.45) is 0 Å². The maximum Gasteiger partial charge on any atom is 0.163 e. The van der Waals surface area contributed by atoms with Crippen molar-refractivity contribution in [2.45, 2.75) is 38.4 Å². The van der Waals surface area contributed by atoms with E-state index in [2.05, 4.69) is 0 Å². The lowest BCUT2D eigenvalue weighted by atomic mass is 10.2. The van der Waals surface area contributed by atoms with Crippen LogP contribution in [0.3, 0.4) is 0 Å². The zero-order valence-corrected chi connectivity index (χ0v) is 11.1. The molecule has 2 rings (SSSR count). The van der Waals surface area contributed by atoms with E-state index in [1.54, 1.807) is 26.0 Å². The summed E-state index contributed by atoms with van der Waals surface area (Å²) in [5, 5.41) is 9.21. The molecule has 0 spiro atoms. The Labute approximate surface area is 112 Å². The largest absolute Gasteiger partial charge is 0.394 e. The molecule has 4 nitrogen and oxygen atoms in total. The van der Waals surface area contributed by atoms with E-state index >= 15 is 0 Å². The first-order valence-electron chi connectivity index (χ1n) is 6.29. The van der Waals surface area contributed by atoms with E-state index in [1.807, 2.05) is 0 Å². The number of aliphatic hydroxyl groups is 1. The Morgan fingerprint density at radius 1 is 1.21 bits per heavy atom. The molecular weight excluding hydrogens is 251 g/mol. The highest BCUT2D eigenvalue weighted by Crippen LogP contribution is 2.28. The monoisotopic (exact) mass is 270 g/mol. The van der Waals surface area contributed by atoms with Crippen molar-refractivity contribution >= 4 is 0 Å². The fourth-order valence-electron chi connectivity index (χ4n) is 2.08. The van der Waals surface area contributed by atoms with Crippen molar-refractivity contribution in [3.05, 3.63) is 35.6 Å². The number of hydrogen-bond donors (Lipinski definition) is 1. The number of rotatable bonds is 5. The first-order chi connectivity index (χ1) is 9.00. The van der Waals surface area contributed by atoms with Crippen LogP contribution < -0.4 is 0 Å². The van der Waals surface area contributed by atoms with Gasteiger partial charge in [-0.25, -0.2) is 4.39 Å². The van der Waals surface area contributed by atoms with Gasteiger partial charge in [0, 0.05) is 0 Å². The highest BCUT2D eigenvalue weighted by molar-refractivity contribution is 5.14. The molecule has 1 aromatic carbocycles. The highest BCUT2D eigenvalue weighted by atomic mass is 19.1. The van der Waals surface area contributed by atoms with E-state index in [0.717, 1.165) is 5.56 Å². The fourth-order valence-corrected chi connectivity index (χ4v) is 2.08. The van der Waals surface area contributed by atoms with E-state index in [1.165, 1.54) is 12.1 Å². The summed E-state index contributed by atoms with van der Waals surface area (Å²) in [4.78, 5) is 0. The van der Waals surface area contributed by atoms with Crippen LogP contribution >= 0.6 is 0 Å². The lowest BCUT2D eigenvalue weighted by molar-refractivity contribution is -0.153. The Morgan fingerprint density at radius 3 is 2.47 bits per heavy atom. The second-order valence-corrected chi connectivity index (χ2v) is 5.04. The van der Waals surface area contributed by atoms with Gasteiger partial charge in [-0.1, -0.05) is 12.1 Å². The van der Waals surface area contributed by atoms with Crippen LogP contribution in [0.1, 0.15) is 19.4 Å². The fraction of sp³-hybridized carbons (Fsp3) is 0.571. The van der Waals surface area contributed by atoms with Gasteiger partial charge < -0.3 is 19.3 Å². The van der Waals surface area contributed by atoms with Crippen molar-refractivity contribution < 1.29 is 23.7 Å². The first-order valence-corrected chi connectivity index (χ1v) is 6.29. The third-order valence-electron chi connectivity index (χ3n) is 2.93. The minimum atomic E-state index is -0.697. The molecule has 1 fully saturated rings. The molecule has 2 atom stereocenters. The van der Waals surface area contributed by atoms with E-state index < -0.39 is 5.79 Å². The summed E-state index contributed by atoms with van der Waals surface area (Å²) in [7, 11) is 0. The highest BCUT2D eigenvalue weighted by Gasteiger charge is 2.40. The standard InChI is InChI=1S/C14H19FO4/c1-14(2)18-12(7-16)13(19-14)9-17-8-10-3-5-11(15)6-4-10/h3-6,12-13,16H,7-9H2,1-2H3/t12-,13-/m1/s1. The molecule has 0 saturated carbocycles. The lowest BCUT2D eigenvalue weighted by Crippen LogP contribution is -2.30. The van der Waals surface area contributed by atoms with Gasteiger partial charge in [-0.15, -0.1) is 0 Å². The van der Waals surface area contributed by atoms with Crippen LogP contribution in [0.2, 0.25) is 0 Å². The summed E-state index contributed by atoms with van der Waals surface area (Å²) in [6, 6.07) is 6.14. The van der Waals surface area contributed by atoms with Crippen LogP contribution in [0.25, 0.3) is 0 Å². The Balaban J connectivity index is 1.80. The molecule has 0 radical (unpaired) electrons. The molecule has 1 aliphatic heterocycles. The van der Waals surface area contributed by atoms with Crippen LogP contribution in [0, 0.1) is 5.82 Å². The minimum Gasteiger partial charge on any atom is -0.394 e. The normalized spacial score (nSPS) is 25.7. The van der Waals surface area contributed by atoms with Crippen LogP contribution in [-0.2, 0) is 20.8 Å². The minimum absolute atomic E-state index is 0.103. The SMILES string of the molecule is CC1(C)O[C@H](CO)[C@@H](COCc2ccc(F)cc2)O1. The molecule has 1 heterocycles. The van der Waals surface area contributed by atoms with Crippen molar-refractivity contribution in [2.75, 3.05) is 13.2 Å². The average Bonchev–Trinajstić information content (AvgIpc) is 2.66. The molecular formula is C14H19FO4. The molecule has 0 amide bonds. The summed E-state index contributed by atoms with van der Waals surface area (Å²) < 4.78 is 29.4. The number of ether oxygens (including phenoxy) is 3. The summed E-state index contributed by atoms with van der Waals surface area (Å²) >= 11 is 0. The second kappa shape index (κ2) is 5.96. The van der Waals surface area contributed by atoms with Gasteiger partial charge in [-0.3, -0.25) is 0 Å². The smallest absolute Gasteiger partial charge is 0.163 e. The van der Waals surface area contributed by atoms with Gasteiger partial charge in [0.2, 0.25) is 0 Å². The molecule has 106 valence electrons. The molecule has 1 aliphatic rings. The number of benzene rings is 1. The zero-order valence-electron chi connectivity index (χ0n) is 11.1. The van der Waals surface area contributed by atoms with Gasteiger partial charge >= 0.3 is 0 Å². The maximum absolute atomic E-state index is 12.7. The number of hydrogen-bond acceptors (Lipinski definition) is 4. The van der Waals surface area contributed by atoms with Gasteiger partial charge in [-0.05, 0) is 31.5 Å². The van der Waals surface area contributed by atoms with Gasteiger partial charge in [-0.2, -0.15) is 0 Å². The van der Waals surface area contributed by atoms with Gasteiger partial charge in [0.1, 0.15) is 18.0 Å². The van der Waals surface area contributed by atoms with Crippen molar-refractivity contribution in [3.8, 4) is 0 Å². The molecule has 0 unspecified atom stereocenters. The Bertz CT molecular complexity index is 404. The van der Waals surface area contributed by atoms with Crippen LogP contribution in [0.5, 0.6) is 0 Å². The Kier molecular flexibility index (Phi) is 4.52. The molecule has 0 bridgehead atoms. The lowest BCUT2D eigenvalue weighted by Gasteiger charge is -2.16. The van der Waals surface area contributed by atoms with E-state index in [4.69, 9.17) is 14.2 Å². The van der Waals surface area contributed by atoms with Gasteiger partial charge in [0.05, 0.1) is 19.8 Å². The summed E-state index contributed by atoms with van der Waals surface area (Å²) in [5.74, 6) is -0.963. The van der Waals surface area contributed by atoms with Gasteiger partial charge in [0.25, 0.3) is 0 Å². The molecule has 1 N–H and O–H groups in total. The molecule has 1 saturated heterocycles. The van der Waals surface area contributed by atoms with Gasteiger partial charge in [0.15, 0.2) is 5.79 Å². The molecule has 5 heteroatoms. The van der Waals surface area contributed by atoms with Crippen molar-refractivity contribution in [1.82, 2.24) is 0 Å². The molecule has 19 heavy (non-hydrogen) atoms. The van der Waals surface area contributed by atoms with E-state index in [-0.39, 0.29) is 24.6 Å². The van der Waals surface area contributed by atoms with Crippen LogP contribution in [0.4, 0.5) is 4.39 Å². The summed E-state index contributed by atoms with van der Waals surface area (Å²) in [6.45, 7) is 4.20. The zero-order chi connectivity index (χ0) is 13.9. The van der Waals surface area contributed by atoms with E-state index in [0.29, 0.717) is 13.2 Å². The predicted octanol–water partition coefficient (Wildman–Crippen LogP) is 1.85. The number of aliphatic hydroxyl groups excluding tert-OH is 1. The maximum atomic E-state index is 12.7. The second-order valence-electron chi connectivity index (χ2n) is 5.04. The summed E-state index contributed by atoms with van der Waals surface area (Å²) in [5.41, 5.74) is 0.889. The summed E-state index contributed by atoms with van der Waals surface area (Å²) in [6.07, 6.45) is -0.663. The van der Waals surface area contributed by atoms with Crippen molar-refractivity contribution in [1.29, 1.82) is 0 Å². The van der Waals surface area contributed by atoms with Crippen LogP contribution in [0.15, 0.2) is 24.3 Å². The van der Waals surface area contributed by atoms with E-state index in [9.17, 15) is 9.50 Å². The van der Waals surface area contributed by atoms with Crippen molar-refractivity contribution in [3.63, 3.8) is 0 Å². The molecule has 1 aromatic rings.